The highest BCUT2D eigenvalue weighted by Crippen LogP contribution is 2.35. The molecule has 3 aromatic rings. The van der Waals surface area contributed by atoms with Gasteiger partial charge >= 0.3 is 6.36 Å². The summed E-state index contributed by atoms with van der Waals surface area (Å²) in [5, 5.41) is 3.33. The quantitative estimate of drug-likeness (QED) is 0.467. The number of nitrogen functional groups attached to an aromatic ring is 1. The van der Waals surface area contributed by atoms with Gasteiger partial charge < -0.3 is 30.4 Å². The summed E-state index contributed by atoms with van der Waals surface area (Å²) in [6.45, 7) is 5.01. The second kappa shape index (κ2) is 9.25. The van der Waals surface area contributed by atoms with E-state index in [-0.39, 0.29) is 23.1 Å². The fourth-order valence-corrected chi connectivity index (χ4v) is 4.90. The maximum atomic E-state index is 13.0. The van der Waals surface area contributed by atoms with E-state index in [2.05, 4.69) is 20.0 Å². The van der Waals surface area contributed by atoms with Crippen LogP contribution in [0.25, 0.3) is 11.2 Å². The number of carbonyl (C=O) groups excluding carboxylic acids is 1. The number of benzene rings is 1. The zero-order valence-corrected chi connectivity index (χ0v) is 19.7. The number of piperidine rings is 1. The molecule has 2 saturated heterocycles. The lowest BCUT2D eigenvalue weighted by atomic mass is 9.89. The third kappa shape index (κ3) is 4.82. The van der Waals surface area contributed by atoms with Crippen molar-refractivity contribution in [2.75, 3.05) is 38.5 Å². The van der Waals surface area contributed by atoms with E-state index >= 15 is 0 Å². The number of hydrogen-bond donors (Lipinski definition) is 3. The lowest BCUT2D eigenvalue weighted by Crippen LogP contribution is -2.46. The minimum absolute atomic E-state index is 0.0578. The van der Waals surface area contributed by atoms with Gasteiger partial charge in [0.1, 0.15) is 17.2 Å². The number of H-pyrrole nitrogens is 1. The average molecular weight is 505 g/mol. The molecule has 0 aliphatic carbocycles. The van der Waals surface area contributed by atoms with Crippen molar-refractivity contribution in [3.63, 3.8) is 0 Å². The molecule has 0 spiro atoms. The molecule has 1 aromatic carbocycles. The molecule has 12 heteroatoms. The van der Waals surface area contributed by atoms with Crippen LogP contribution in [0.15, 0.2) is 30.5 Å². The van der Waals surface area contributed by atoms with Crippen LogP contribution in [0.4, 0.5) is 18.9 Å². The van der Waals surface area contributed by atoms with Crippen LogP contribution >= 0.6 is 0 Å². The number of pyridine rings is 1. The topological polar surface area (TPSA) is 118 Å². The van der Waals surface area contributed by atoms with Crippen LogP contribution in [0.5, 0.6) is 5.75 Å². The molecule has 5 rings (SSSR count). The van der Waals surface area contributed by atoms with Crippen LogP contribution < -0.4 is 15.8 Å². The van der Waals surface area contributed by atoms with Crippen molar-refractivity contribution in [1.82, 2.24) is 25.2 Å². The number of anilines is 1. The Kier molecular flexibility index (Phi) is 6.25. The van der Waals surface area contributed by atoms with Gasteiger partial charge in [-0.1, -0.05) is 0 Å². The summed E-state index contributed by atoms with van der Waals surface area (Å²) >= 11 is 0. The van der Waals surface area contributed by atoms with Crippen LogP contribution in [-0.4, -0.2) is 64.9 Å². The molecule has 2 aliphatic rings. The Balaban J connectivity index is 1.29. The minimum Gasteiger partial charge on any atom is -0.406 e. The summed E-state index contributed by atoms with van der Waals surface area (Å²) in [6.07, 6.45) is -1.66. The maximum Gasteiger partial charge on any atom is 0.573 e. The first-order chi connectivity index (χ1) is 17.1. The van der Waals surface area contributed by atoms with E-state index in [9.17, 15) is 18.0 Å². The number of alkyl halides is 3. The zero-order valence-electron chi connectivity index (χ0n) is 19.7. The van der Waals surface area contributed by atoms with Gasteiger partial charge in [-0.05, 0) is 49.4 Å². The van der Waals surface area contributed by atoms with E-state index in [4.69, 9.17) is 15.5 Å². The minimum atomic E-state index is -4.83. The Morgan fingerprint density at radius 3 is 2.72 bits per heavy atom. The molecule has 9 nitrogen and oxygen atoms in total. The van der Waals surface area contributed by atoms with Crippen LogP contribution in [0.1, 0.15) is 47.4 Å². The number of aromatic amines is 1. The molecule has 4 heterocycles. The third-order valence-corrected chi connectivity index (χ3v) is 6.80. The highest BCUT2D eigenvalue weighted by molar-refractivity contribution is 5.99. The molecule has 0 bridgehead atoms. The van der Waals surface area contributed by atoms with E-state index in [1.807, 2.05) is 13.0 Å². The molecule has 1 atom stereocenters. The van der Waals surface area contributed by atoms with Crippen LogP contribution in [-0.2, 0) is 10.3 Å². The number of amides is 1. The summed E-state index contributed by atoms with van der Waals surface area (Å²) in [5.41, 5.74) is 8.00. The molecular formula is C24H27F3N6O3. The number of carbonyl (C=O) groups is 1. The predicted octanol–water partition coefficient (Wildman–Crippen LogP) is 3.29. The highest BCUT2D eigenvalue weighted by atomic mass is 19.4. The normalized spacial score (nSPS) is 21.6. The molecular weight excluding hydrogens is 477 g/mol. The Hall–Kier alpha value is -3.38. The number of nitrogens with one attached hydrogen (secondary N) is 2. The summed E-state index contributed by atoms with van der Waals surface area (Å²) in [5.74, 6) is 0.138. The molecule has 192 valence electrons. The van der Waals surface area contributed by atoms with Gasteiger partial charge in [0.05, 0.1) is 17.7 Å². The van der Waals surface area contributed by atoms with Gasteiger partial charge in [-0.3, -0.25) is 4.79 Å². The zero-order chi connectivity index (χ0) is 25.5. The number of imidazole rings is 1. The lowest BCUT2D eigenvalue weighted by molar-refractivity contribution is -0.274. The van der Waals surface area contributed by atoms with Crippen LogP contribution in [0.3, 0.4) is 0 Å². The SMILES string of the molecule is C[C@]1(c2nc3nccc(C4CCN(C(=O)c5ccc(OC(F)(F)F)cc5N)CC4)c3[nH]2)CNCCO1. The van der Waals surface area contributed by atoms with E-state index in [1.165, 1.54) is 6.07 Å². The van der Waals surface area contributed by atoms with Crippen molar-refractivity contribution < 1.29 is 27.4 Å². The van der Waals surface area contributed by atoms with Crippen molar-refractivity contribution in [2.45, 2.75) is 37.6 Å². The number of hydrogen-bond acceptors (Lipinski definition) is 7. The van der Waals surface area contributed by atoms with Crippen molar-refractivity contribution in [2.24, 2.45) is 0 Å². The predicted molar refractivity (Wildman–Crippen MR) is 125 cm³/mol. The Labute approximate surface area is 205 Å². The Bertz CT molecular complexity index is 1260. The third-order valence-electron chi connectivity index (χ3n) is 6.80. The number of nitrogens with zero attached hydrogens (tertiary/aromatic N) is 3. The number of halogens is 3. The number of nitrogens with two attached hydrogens (primary N) is 1. The van der Waals surface area contributed by atoms with Gasteiger partial charge in [-0.25, -0.2) is 9.97 Å². The van der Waals surface area contributed by atoms with E-state index < -0.39 is 17.7 Å². The van der Waals surface area contributed by atoms with E-state index in [1.54, 1.807) is 11.1 Å². The number of rotatable bonds is 4. The molecule has 1 amide bonds. The smallest absolute Gasteiger partial charge is 0.406 e. The van der Waals surface area contributed by atoms with Crippen molar-refractivity contribution in [1.29, 1.82) is 0 Å². The van der Waals surface area contributed by atoms with Gasteiger partial charge in [-0.15, -0.1) is 13.2 Å². The number of morpholine rings is 1. The standard InChI is InChI=1S/C24H27F3N6O3/c1-23(13-29-8-11-35-23)22-31-19-16(4-7-30-20(19)32-22)14-5-9-33(10-6-14)21(34)17-3-2-15(12-18(17)28)36-24(25,26)27/h2-4,7,12,14,29H,5-6,8-11,13,28H2,1H3,(H,30,31,32)/t23-/m1/s1. The number of fused-ring (bicyclic) bond motifs is 1. The second-order valence-electron chi connectivity index (χ2n) is 9.30. The molecule has 0 radical (unpaired) electrons. The van der Waals surface area contributed by atoms with E-state index in [0.717, 1.165) is 35.6 Å². The van der Waals surface area contributed by atoms with Crippen molar-refractivity contribution in [3.8, 4) is 5.75 Å². The fraction of sp³-hybridized carbons (Fsp3) is 0.458. The van der Waals surface area contributed by atoms with Gasteiger partial charge in [0.15, 0.2) is 5.65 Å². The highest BCUT2D eigenvalue weighted by Gasteiger charge is 2.35. The molecule has 2 aromatic heterocycles. The van der Waals surface area contributed by atoms with Crippen LogP contribution in [0.2, 0.25) is 0 Å². The number of likely N-dealkylation sites (tertiary alicyclic amines) is 1. The van der Waals surface area contributed by atoms with E-state index in [0.29, 0.717) is 44.7 Å². The molecule has 0 unspecified atom stereocenters. The van der Waals surface area contributed by atoms with Gasteiger partial charge in [0.2, 0.25) is 0 Å². The maximum absolute atomic E-state index is 13.0. The summed E-state index contributed by atoms with van der Waals surface area (Å²) in [6, 6.07) is 5.36. The van der Waals surface area contributed by atoms with Crippen molar-refractivity contribution in [3.05, 3.63) is 47.4 Å². The Morgan fingerprint density at radius 2 is 2.06 bits per heavy atom. The average Bonchev–Trinajstić information content (AvgIpc) is 3.29. The summed E-state index contributed by atoms with van der Waals surface area (Å²) in [7, 11) is 0. The molecule has 2 aliphatic heterocycles. The van der Waals surface area contributed by atoms with Gasteiger partial charge in [0.25, 0.3) is 5.91 Å². The molecule has 4 N–H and O–H groups in total. The summed E-state index contributed by atoms with van der Waals surface area (Å²) < 4.78 is 47.2. The largest absolute Gasteiger partial charge is 0.573 e. The molecule has 36 heavy (non-hydrogen) atoms. The second-order valence-corrected chi connectivity index (χ2v) is 9.30. The molecule has 2 fully saturated rings. The summed E-state index contributed by atoms with van der Waals surface area (Å²) in [4.78, 5) is 27.3. The first-order valence-electron chi connectivity index (χ1n) is 11.8. The van der Waals surface area contributed by atoms with Crippen molar-refractivity contribution >= 4 is 22.8 Å². The fourth-order valence-electron chi connectivity index (χ4n) is 4.90. The van der Waals surface area contributed by atoms with Gasteiger partial charge in [0, 0.05) is 44.1 Å². The first-order valence-corrected chi connectivity index (χ1v) is 11.8. The number of aromatic nitrogens is 3. The Morgan fingerprint density at radius 1 is 1.28 bits per heavy atom. The number of ether oxygens (including phenoxy) is 2. The molecule has 0 saturated carbocycles. The monoisotopic (exact) mass is 504 g/mol. The first kappa shape index (κ1) is 24.3. The van der Waals surface area contributed by atoms with Crippen LogP contribution in [0, 0.1) is 0 Å². The van der Waals surface area contributed by atoms with Gasteiger partial charge in [-0.2, -0.15) is 0 Å². The lowest BCUT2D eigenvalue weighted by Gasteiger charge is -2.33.